The Balaban J connectivity index is 1.04. The van der Waals surface area contributed by atoms with Gasteiger partial charge in [-0.1, -0.05) is 178 Å². The molecule has 1 aliphatic carbocycles. The third-order valence-corrected chi connectivity index (χ3v) is 11.8. The molecule has 0 amide bonds. The monoisotopic (exact) mass is 700 g/mol. The number of hydrogen-bond acceptors (Lipinski definition) is 2. The molecule has 0 fully saturated rings. The molecule has 2 heteroatoms. The lowest BCUT2D eigenvalue weighted by atomic mass is 9.81. The Morgan fingerprint density at radius 1 is 0.364 bits per heavy atom. The standard InChI is InChI=1S/C53H36N2/c1-53(2)45-21-11-20-42(39-19-10-18-38(30-39)41-27-24-36-23-22-34-16-9-17-35-25-28-43(41)50(36)49(34)35)51(45)44-29-26-40(31-46(44)53)48-32-47(33-12-5-3-6-13-33)54-52(55-48)37-14-7-4-8-15-37/h3-32H,1-2H3. The highest BCUT2D eigenvalue weighted by Gasteiger charge is 2.37. The molecule has 0 radical (unpaired) electrons. The Kier molecular flexibility index (Phi) is 6.93. The summed E-state index contributed by atoms with van der Waals surface area (Å²) >= 11 is 0. The van der Waals surface area contributed by atoms with Crippen LogP contribution in [0, 0.1) is 0 Å². The topological polar surface area (TPSA) is 25.8 Å². The van der Waals surface area contributed by atoms with Gasteiger partial charge in [-0.2, -0.15) is 0 Å². The first kappa shape index (κ1) is 31.6. The van der Waals surface area contributed by atoms with Crippen LogP contribution in [-0.4, -0.2) is 9.97 Å². The van der Waals surface area contributed by atoms with Crippen LogP contribution in [0.2, 0.25) is 0 Å². The van der Waals surface area contributed by atoms with Crippen LogP contribution in [0.5, 0.6) is 0 Å². The fourth-order valence-electron chi connectivity index (χ4n) is 9.10. The number of benzene rings is 9. The van der Waals surface area contributed by atoms with Crippen LogP contribution in [0.1, 0.15) is 25.0 Å². The van der Waals surface area contributed by atoms with Crippen molar-refractivity contribution < 1.29 is 0 Å². The molecule has 0 atom stereocenters. The van der Waals surface area contributed by atoms with Crippen LogP contribution in [0.25, 0.3) is 99.6 Å². The van der Waals surface area contributed by atoms with E-state index in [-0.39, 0.29) is 5.41 Å². The lowest BCUT2D eigenvalue weighted by Crippen LogP contribution is -2.15. The third kappa shape index (κ3) is 4.95. The number of rotatable bonds is 5. The summed E-state index contributed by atoms with van der Waals surface area (Å²) in [4.78, 5) is 10.2. The second kappa shape index (κ2) is 12.1. The van der Waals surface area contributed by atoms with E-state index in [0.717, 1.165) is 33.9 Å². The molecule has 2 nitrogen and oxygen atoms in total. The zero-order chi connectivity index (χ0) is 36.7. The zero-order valence-electron chi connectivity index (χ0n) is 30.7. The minimum absolute atomic E-state index is 0.197. The highest BCUT2D eigenvalue weighted by molar-refractivity contribution is 6.25. The highest BCUT2D eigenvalue weighted by atomic mass is 14.9. The first-order valence-electron chi connectivity index (χ1n) is 19.1. The molecular formula is C53H36N2. The van der Waals surface area contributed by atoms with Crippen LogP contribution in [0.3, 0.4) is 0 Å². The molecule has 9 aromatic carbocycles. The lowest BCUT2D eigenvalue weighted by molar-refractivity contribution is 0.660. The van der Waals surface area contributed by atoms with E-state index in [1.165, 1.54) is 76.8 Å². The van der Waals surface area contributed by atoms with Gasteiger partial charge in [-0.3, -0.25) is 0 Å². The molecule has 0 N–H and O–H groups in total. The summed E-state index contributed by atoms with van der Waals surface area (Å²) in [5.74, 6) is 0.729. The van der Waals surface area contributed by atoms with Gasteiger partial charge in [0.15, 0.2) is 5.82 Å². The van der Waals surface area contributed by atoms with E-state index in [0.29, 0.717) is 0 Å². The maximum absolute atomic E-state index is 5.16. The Bertz CT molecular complexity index is 3030. The molecule has 0 saturated carbocycles. The van der Waals surface area contributed by atoms with Gasteiger partial charge >= 0.3 is 0 Å². The number of nitrogens with zero attached hydrogens (tertiary/aromatic N) is 2. The van der Waals surface area contributed by atoms with Crippen molar-refractivity contribution in [3.63, 3.8) is 0 Å². The van der Waals surface area contributed by atoms with Gasteiger partial charge in [0.05, 0.1) is 11.4 Å². The normalized spacial score (nSPS) is 13.1. The minimum atomic E-state index is -0.197. The molecule has 10 aromatic rings. The van der Waals surface area contributed by atoms with Gasteiger partial charge < -0.3 is 0 Å². The summed E-state index contributed by atoms with van der Waals surface area (Å²) < 4.78 is 0. The van der Waals surface area contributed by atoms with Gasteiger partial charge in [0, 0.05) is 22.1 Å². The molecule has 0 spiro atoms. The number of hydrogen-bond donors (Lipinski definition) is 0. The fraction of sp³-hybridized carbons (Fsp3) is 0.0566. The summed E-state index contributed by atoms with van der Waals surface area (Å²) in [6.45, 7) is 4.72. The quantitative estimate of drug-likeness (QED) is 0.167. The highest BCUT2D eigenvalue weighted by Crippen LogP contribution is 2.53. The molecule has 0 aliphatic heterocycles. The Morgan fingerprint density at radius 2 is 0.945 bits per heavy atom. The minimum Gasteiger partial charge on any atom is -0.228 e. The van der Waals surface area contributed by atoms with Crippen LogP contribution < -0.4 is 0 Å². The maximum atomic E-state index is 5.16. The third-order valence-electron chi connectivity index (χ3n) is 11.8. The van der Waals surface area contributed by atoms with Gasteiger partial charge in [-0.05, 0) is 95.0 Å². The smallest absolute Gasteiger partial charge is 0.160 e. The number of fused-ring (bicyclic) bond motifs is 3. The van der Waals surface area contributed by atoms with Crippen LogP contribution in [-0.2, 0) is 5.41 Å². The van der Waals surface area contributed by atoms with E-state index >= 15 is 0 Å². The summed E-state index contributed by atoms with van der Waals surface area (Å²) in [6.07, 6.45) is 0. The summed E-state index contributed by atoms with van der Waals surface area (Å²) in [5.41, 5.74) is 15.1. The van der Waals surface area contributed by atoms with E-state index in [1.54, 1.807) is 0 Å². The Hall–Kier alpha value is -6.90. The average molecular weight is 701 g/mol. The van der Waals surface area contributed by atoms with E-state index in [9.17, 15) is 0 Å². The molecule has 0 unspecified atom stereocenters. The predicted molar refractivity (Wildman–Crippen MR) is 230 cm³/mol. The van der Waals surface area contributed by atoms with Crippen molar-refractivity contribution in [3.8, 4) is 67.3 Å². The lowest BCUT2D eigenvalue weighted by Gasteiger charge is -2.22. The van der Waals surface area contributed by atoms with Gasteiger partial charge in [0.25, 0.3) is 0 Å². The second-order valence-corrected chi connectivity index (χ2v) is 15.4. The van der Waals surface area contributed by atoms with E-state index < -0.39 is 0 Å². The molecule has 11 rings (SSSR count). The first-order valence-corrected chi connectivity index (χ1v) is 19.1. The first-order chi connectivity index (χ1) is 27.0. The van der Waals surface area contributed by atoms with E-state index in [4.69, 9.17) is 9.97 Å². The molecular weight excluding hydrogens is 665 g/mol. The SMILES string of the molecule is CC1(C)c2cc(-c3cc(-c4ccccc4)nc(-c4ccccc4)n3)ccc2-c2c(-c3cccc(-c4ccc5ccc6cccc7ccc4c5c67)c3)cccc21. The van der Waals surface area contributed by atoms with Crippen molar-refractivity contribution in [2.75, 3.05) is 0 Å². The summed E-state index contributed by atoms with van der Waals surface area (Å²) in [5, 5.41) is 7.86. The second-order valence-electron chi connectivity index (χ2n) is 15.4. The van der Waals surface area contributed by atoms with Gasteiger partial charge in [-0.15, -0.1) is 0 Å². The largest absolute Gasteiger partial charge is 0.228 e. The van der Waals surface area contributed by atoms with Gasteiger partial charge in [-0.25, -0.2) is 9.97 Å². The molecule has 0 saturated heterocycles. The summed E-state index contributed by atoms with van der Waals surface area (Å²) in [7, 11) is 0. The Labute approximate surface area is 320 Å². The van der Waals surface area contributed by atoms with Crippen molar-refractivity contribution in [3.05, 3.63) is 193 Å². The van der Waals surface area contributed by atoms with Crippen molar-refractivity contribution in [1.82, 2.24) is 9.97 Å². The molecule has 55 heavy (non-hydrogen) atoms. The van der Waals surface area contributed by atoms with Crippen molar-refractivity contribution >= 4 is 32.3 Å². The number of aromatic nitrogens is 2. The fourth-order valence-corrected chi connectivity index (χ4v) is 9.10. The summed E-state index contributed by atoms with van der Waals surface area (Å²) in [6, 6.07) is 66.0. The van der Waals surface area contributed by atoms with Gasteiger partial charge in [0.2, 0.25) is 0 Å². The van der Waals surface area contributed by atoms with E-state index in [1.807, 2.05) is 24.3 Å². The molecule has 1 aromatic heterocycles. The maximum Gasteiger partial charge on any atom is 0.160 e. The van der Waals surface area contributed by atoms with Crippen LogP contribution in [0.15, 0.2) is 182 Å². The molecule has 1 heterocycles. The molecule has 258 valence electrons. The van der Waals surface area contributed by atoms with E-state index in [2.05, 4.69) is 172 Å². The van der Waals surface area contributed by atoms with Crippen molar-refractivity contribution in [2.24, 2.45) is 0 Å². The average Bonchev–Trinajstić information content (AvgIpc) is 3.48. The molecule has 0 bridgehead atoms. The van der Waals surface area contributed by atoms with Crippen LogP contribution in [0.4, 0.5) is 0 Å². The van der Waals surface area contributed by atoms with Gasteiger partial charge in [0.1, 0.15) is 0 Å². The van der Waals surface area contributed by atoms with Crippen molar-refractivity contribution in [2.45, 2.75) is 19.3 Å². The van der Waals surface area contributed by atoms with Crippen LogP contribution >= 0.6 is 0 Å². The molecule has 1 aliphatic rings. The predicted octanol–water partition coefficient (Wildman–Crippen LogP) is 14.0. The Morgan fingerprint density at radius 3 is 1.71 bits per heavy atom. The van der Waals surface area contributed by atoms with Crippen molar-refractivity contribution in [1.29, 1.82) is 0 Å². The zero-order valence-corrected chi connectivity index (χ0v) is 30.7.